The molecular weight excluding hydrogens is 381 g/mol. The van der Waals surface area contributed by atoms with Gasteiger partial charge in [0.1, 0.15) is 0 Å². The summed E-state index contributed by atoms with van der Waals surface area (Å²) in [5.41, 5.74) is 0.879. The lowest BCUT2D eigenvalue weighted by Gasteiger charge is -2.18. The fraction of sp³-hybridized carbons (Fsp3) is 0.333. The van der Waals surface area contributed by atoms with Gasteiger partial charge in [0.15, 0.2) is 0 Å². The summed E-state index contributed by atoms with van der Waals surface area (Å²) in [6.45, 7) is 4.20. The van der Waals surface area contributed by atoms with E-state index in [2.05, 4.69) is 36.6 Å². The Kier molecular flexibility index (Phi) is 6.38. The molecule has 0 unspecified atom stereocenters. The molecule has 0 spiro atoms. The van der Waals surface area contributed by atoms with E-state index in [9.17, 15) is 18.0 Å². The lowest BCUT2D eigenvalue weighted by molar-refractivity contribution is -0.192. The van der Waals surface area contributed by atoms with Crippen LogP contribution in [0.4, 0.5) is 18.9 Å². The molecule has 5 nitrogen and oxygen atoms in total. The molecule has 3 N–H and O–H groups in total. The molecule has 1 saturated heterocycles. The Bertz CT molecular complexity index is 835. The SMILES string of the molecule is CC1(C)N[C@H](C(=O)Nc2cccc3ccccc23)CS1.O=C(O)C(F)(F)F. The minimum Gasteiger partial charge on any atom is -0.475 e. The zero-order valence-electron chi connectivity index (χ0n) is 14.6. The normalized spacial score (nSPS) is 18.5. The third-order valence-electron chi connectivity index (χ3n) is 3.74. The number of carboxylic acids is 1. The summed E-state index contributed by atoms with van der Waals surface area (Å²) >= 11 is 1.78. The van der Waals surface area contributed by atoms with Crippen molar-refractivity contribution in [1.82, 2.24) is 5.32 Å². The van der Waals surface area contributed by atoms with E-state index in [4.69, 9.17) is 9.90 Å². The first kappa shape index (κ1) is 21.0. The fourth-order valence-corrected chi connectivity index (χ4v) is 3.53. The smallest absolute Gasteiger partial charge is 0.475 e. The minimum atomic E-state index is -5.08. The van der Waals surface area contributed by atoms with Crippen molar-refractivity contribution in [3.63, 3.8) is 0 Å². The molecule has 1 amide bonds. The monoisotopic (exact) mass is 400 g/mol. The lowest BCUT2D eigenvalue weighted by Crippen LogP contribution is -2.44. The van der Waals surface area contributed by atoms with Crippen LogP contribution in [0.1, 0.15) is 13.8 Å². The Hall–Kier alpha value is -2.26. The first-order valence-electron chi connectivity index (χ1n) is 8.00. The molecule has 1 heterocycles. The predicted octanol–water partition coefficient (Wildman–Crippen LogP) is 3.85. The third kappa shape index (κ3) is 5.86. The van der Waals surface area contributed by atoms with Crippen molar-refractivity contribution in [2.45, 2.75) is 30.9 Å². The Labute approximate surface area is 158 Å². The van der Waals surface area contributed by atoms with Crippen LogP contribution in [-0.4, -0.2) is 39.8 Å². The Morgan fingerprint density at radius 3 is 2.33 bits per heavy atom. The zero-order chi connectivity index (χ0) is 20.2. The Morgan fingerprint density at radius 1 is 1.19 bits per heavy atom. The molecule has 0 bridgehead atoms. The number of hydrogen-bond donors (Lipinski definition) is 3. The number of rotatable bonds is 2. The minimum absolute atomic E-state index is 0.0270. The van der Waals surface area contributed by atoms with Crippen LogP contribution in [0.15, 0.2) is 42.5 Å². The van der Waals surface area contributed by atoms with Crippen LogP contribution in [0.5, 0.6) is 0 Å². The number of carbonyl (C=O) groups excluding carboxylic acids is 1. The molecule has 146 valence electrons. The molecule has 3 rings (SSSR count). The summed E-state index contributed by atoms with van der Waals surface area (Å²) in [6.07, 6.45) is -5.08. The van der Waals surface area contributed by atoms with Crippen LogP contribution in [-0.2, 0) is 9.59 Å². The maximum atomic E-state index is 12.4. The third-order valence-corrected chi connectivity index (χ3v) is 5.08. The number of halogens is 3. The molecule has 0 radical (unpaired) electrons. The molecule has 1 aliphatic rings. The van der Waals surface area contributed by atoms with Crippen molar-refractivity contribution in [2.75, 3.05) is 11.1 Å². The van der Waals surface area contributed by atoms with Gasteiger partial charge in [0.25, 0.3) is 0 Å². The summed E-state index contributed by atoms with van der Waals surface area (Å²) in [6, 6.07) is 13.9. The van der Waals surface area contributed by atoms with E-state index in [1.54, 1.807) is 11.8 Å². The lowest BCUT2D eigenvalue weighted by atomic mass is 10.1. The van der Waals surface area contributed by atoms with E-state index in [0.29, 0.717) is 0 Å². The molecule has 2 aromatic carbocycles. The maximum Gasteiger partial charge on any atom is 0.490 e. The summed E-state index contributed by atoms with van der Waals surface area (Å²) in [5.74, 6) is -1.91. The molecule has 0 aromatic heterocycles. The van der Waals surface area contributed by atoms with E-state index >= 15 is 0 Å². The van der Waals surface area contributed by atoms with E-state index < -0.39 is 12.1 Å². The van der Waals surface area contributed by atoms with Gasteiger partial charge in [-0.3, -0.25) is 10.1 Å². The number of alkyl halides is 3. The zero-order valence-corrected chi connectivity index (χ0v) is 15.4. The maximum absolute atomic E-state index is 12.4. The highest BCUT2D eigenvalue weighted by atomic mass is 32.2. The number of amides is 1. The molecule has 1 atom stereocenters. The van der Waals surface area contributed by atoms with Crippen molar-refractivity contribution < 1.29 is 27.9 Å². The Balaban J connectivity index is 0.000000321. The second kappa shape index (κ2) is 8.18. The van der Waals surface area contributed by atoms with Crippen molar-refractivity contribution in [3.05, 3.63) is 42.5 Å². The van der Waals surface area contributed by atoms with Gasteiger partial charge in [-0.1, -0.05) is 36.4 Å². The summed E-state index contributed by atoms with van der Waals surface area (Å²) in [4.78, 5) is 21.2. The van der Waals surface area contributed by atoms with Gasteiger partial charge in [-0.15, -0.1) is 11.8 Å². The number of carbonyl (C=O) groups is 2. The van der Waals surface area contributed by atoms with Crippen molar-refractivity contribution >= 4 is 40.1 Å². The molecule has 9 heteroatoms. The van der Waals surface area contributed by atoms with Crippen LogP contribution in [0.2, 0.25) is 0 Å². The van der Waals surface area contributed by atoms with Crippen LogP contribution in [0.3, 0.4) is 0 Å². The van der Waals surface area contributed by atoms with E-state index in [1.165, 1.54) is 0 Å². The van der Waals surface area contributed by atoms with Crippen molar-refractivity contribution in [3.8, 4) is 0 Å². The van der Waals surface area contributed by atoms with E-state index in [0.717, 1.165) is 22.2 Å². The van der Waals surface area contributed by atoms with Gasteiger partial charge >= 0.3 is 12.1 Å². The number of benzene rings is 2. The molecule has 0 aliphatic carbocycles. The highest BCUT2D eigenvalue weighted by Crippen LogP contribution is 2.30. The molecule has 1 fully saturated rings. The van der Waals surface area contributed by atoms with Crippen LogP contribution in [0, 0.1) is 0 Å². The number of carboxylic acid groups (broad SMARTS) is 1. The van der Waals surface area contributed by atoms with Crippen LogP contribution < -0.4 is 10.6 Å². The average molecular weight is 400 g/mol. The van der Waals surface area contributed by atoms with E-state index in [-0.39, 0.29) is 16.8 Å². The Morgan fingerprint density at radius 2 is 1.78 bits per heavy atom. The number of nitrogens with one attached hydrogen (secondary N) is 2. The van der Waals surface area contributed by atoms with E-state index in [1.807, 2.05) is 30.3 Å². The molecule has 27 heavy (non-hydrogen) atoms. The second-order valence-corrected chi connectivity index (χ2v) is 7.98. The first-order chi connectivity index (χ1) is 12.5. The summed E-state index contributed by atoms with van der Waals surface area (Å²) in [7, 11) is 0. The number of aliphatic carboxylic acids is 1. The molecular formula is C18H19F3N2O3S. The fourth-order valence-electron chi connectivity index (χ4n) is 2.49. The summed E-state index contributed by atoms with van der Waals surface area (Å²) in [5, 5.41) is 15.7. The van der Waals surface area contributed by atoms with Crippen molar-refractivity contribution in [2.24, 2.45) is 0 Å². The second-order valence-electron chi connectivity index (χ2n) is 6.34. The average Bonchev–Trinajstić information content (AvgIpc) is 2.95. The first-order valence-corrected chi connectivity index (χ1v) is 8.98. The van der Waals surface area contributed by atoms with Gasteiger partial charge in [0, 0.05) is 16.8 Å². The number of anilines is 1. The number of hydrogen-bond acceptors (Lipinski definition) is 4. The number of thioether (sulfide) groups is 1. The van der Waals surface area contributed by atoms with Gasteiger partial charge in [-0.25, -0.2) is 4.79 Å². The van der Waals surface area contributed by atoms with Crippen LogP contribution in [0.25, 0.3) is 10.8 Å². The van der Waals surface area contributed by atoms with Crippen molar-refractivity contribution in [1.29, 1.82) is 0 Å². The predicted molar refractivity (Wildman–Crippen MR) is 99.7 cm³/mol. The standard InChI is InChI=1S/C16H18N2OS.C2HF3O2/c1-16(2)18-14(10-20-16)15(19)17-13-9-5-7-11-6-3-4-8-12(11)13;3-2(4,5)1(6)7/h3-9,14,18H,10H2,1-2H3,(H,17,19);(H,6,7)/t14-;/m0./s1. The van der Waals surface area contributed by atoms with Gasteiger partial charge in [0.2, 0.25) is 5.91 Å². The summed E-state index contributed by atoms with van der Waals surface area (Å²) < 4.78 is 31.7. The van der Waals surface area contributed by atoms with Gasteiger partial charge in [-0.2, -0.15) is 13.2 Å². The molecule has 1 aliphatic heterocycles. The highest BCUT2D eigenvalue weighted by Gasteiger charge is 2.38. The van der Waals surface area contributed by atoms with Gasteiger partial charge < -0.3 is 10.4 Å². The topological polar surface area (TPSA) is 78.4 Å². The molecule has 0 saturated carbocycles. The molecule has 2 aromatic rings. The van der Waals surface area contributed by atoms with Gasteiger partial charge in [0.05, 0.1) is 10.9 Å². The highest BCUT2D eigenvalue weighted by molar-refractivity contribution is 8.00. The number of fused-ring (bicyclic) bond motifs is 1. The quantitative estimate of drug-likeness (QED) is 0.714. The van der Waals surface area contributed by atoms with Crippen LogP contribution >= 0.6 is 11.8 Å². The van der Waals surface area contributed by atoms with Gasteiger partial charge in [-0.05, 0) is 25.3 Å². The largest absolute Gasteiger partial charge is 0.490 e.